The molecule has 0 radical (unpaired) electrons. The monoisotopic (exact) mass is 529 g/mol. The van der Waals surface area contributed by atoms with E-state index in [1.807, 2.05) is 50.2 Å². The summed E-state index contributed by atoms with van der Waals surface area (Å²) in [5.74, 6) is 1.98. The molecule has 39 heavy (non-hydrogen) atoms. The average Bonchev–Trinajstić information content (AvgIpc) is 3.45. The number of nitrogens with one attached hydrogen (secondary N) is 1. The first-order valence-corrected chi connectivity index (χ1v) is 13.6. The second kappa shape index (κ2) is 11.9. The number of hydrogen-bond acceptors (Lipinski definition) is 7. The molecule has 0 spiro atoms. The van der Waals surface area contributed by atoms with Crippen molar-refractivity contribution in [2.45, 2.75) is 39.0 Å². The van der Waals surface area contributed by atoms with Crippen LogP contribution in [0, 0.1) is 12.8 Å². The van der Waals surface area contributed by atoms with Crippen LogP contribution in [0.25, 0.3) is 21.9 Å². The number of hydrogen-bond donors (Lipinski definition) is 1. The molecule has 1 aliphatic carbocycles. The van der Waals surface area contributed by atoms with Gasteiger partial charge >= 0.3 is 0 Å². The van der Waals surface area contributed by atoms with Gasteiger partial charge in [0.05, 0.1) is 17.0 Å². The number of aromatic nitrogens is 1. The van der Waals surface area contributed by atoms with Crippen LogP contribution in [0.4, 0.5) is 0 Å². The molecule has 0 bridgehead atoms. The molecule has 8 heteroatoms. The van der Waals surface area contributed by atoms with Gasteiger partial charge in [-0.15, -0.1) is 0 Å². The molecule has 204 valence electrons. The lowest BCUT2D eigenvalue weighted by molar-refractivity contribution is -0.124. The van der Waals surface area contributed by atoms with E-state index in [1.165, 1.54) is 0 Å². The Bertz CT molecular complexity index is 1520. The Morgan fingerprint density at radius 3 is 2.62 bits per heavy atom. The molecule has 4 aromatic rings. The molecule has 1 N–H and O–H groups in total. The van der Waals surface area contributed by atoms with Gasteiger partial charge in [-0.3, -0.25) is 14.6 Å². The summed E-state index contributed by atoms with van der Waals surface area (Å²) >= 11 is 0. The fourth-order valence-electron chi connectivity index (χ4n) is 4.95. The minimum absolute atomic E-state index is 0.106. The lowest BCUT2D eigenvalue weighted by atomic mass is 10.1. The Balaban J connectivity index is 1.29. The molecule has 2 heterocycles. The summed E-state index contributed by atoms with van der Waals surface area (Å²) in [5.41, 5.74) is 2.56. The SMILES string of the molecule is Cc1cc(OCCN(C)C)c2oc3cc(Oc4ccc(CCNC(=O)C5CCCC5)nc4)ccc3c(=O)c2c1. The predicted octanol–water partition coefficient (Wildman–Crippen LogP) is 5.23. The van der Waals surface area contributed by atoms with Gasteiger partial charge in [0, 0.05) is 37.2 Å². The zero-order chi connectivity index (χ0) is 27.4. The molecule has 2 aromatic heterocycles. The Morgan fingerprint density at radius 2 is 1.87 bits per heavy atom. The summed E-state index contributed by atoms with van der Waals surface area (Å²) in [6.45, 7) is 3.73. The van der Waals surface area contributed by atoms with E-state index in [0.29, 0.717) is 58.8 Å². The minimum atomic E-state index is -0.106. The maximum absolute atomic E-state index is 13.3. The molecular weight excluding hydrogens is 494 g/mol. The van der Waals surface area contributed by atoms with Crippen LogP contribution in [0.3, 0.4) is 0 Å². The third kappa shape index (κ3) is 6.40. The highest BCUT2D eigenvalue weighted by Crippen LogP contribution is 2.31. The maximum atomic E-state index is 13.3. The Morgan fingerprint density at radius 1 is 1.08 bits per heavy atom. The molecule has 0 saturated heterocycles. The molecule has 1 saturated carbocycles. The second-order valence-electron chi connectivity index (χ2n) is 10.5. The van der Waals surface area contributed by atoms with Crippen molar-refractivity contribution in [1.29, 1.82) is 0 Å². The third-order valence-electron chi connectivity index (χ3n) is 7.09. The fraction of sp³-hybridized carbons (Fsp3) is 0.387. The molecule has 1 fully saturated rings. The zero-order valence-corrected chi connectivity index (χ0v) is 22.8. The van der Waals surface area contributed by atoms with Gasteiger partial charge in [-0.05, 0) is 75.8 Å². The zero-order valence-electron chi connectivity index (χ0n) is 22.8. The molecule has 0 aliphatic heterocycles. The van der Waals surface area contributed by atoms with Gasteiger partial charge < -0.3 is 24.1 Å². The van der Waals surface area contributed by atoms with Crippen LogP contribution in [-0.2, 0) is 11.2 Å². The van der Waals surface area contributed by atoms with Crippen molar-refractivity contribution in [1.82, 2.24) is 15.2 Å². The third-order valence-corrected chi connectivity index (χ3v) is 7.09. The van der Waals surface area contributed by atoms with Crippen LogP contribution in [-0.4, -0.2) is 49.6 Å². The quantitative estimate of drug-likeness (QED) is 0.281. The van der Waals surface area contributed by atoms with Crippen LogP contribution < -0.4 is 20.2 Å². The molecular formula is C31H35N3O5. The molecule has 2 aromatic carbocycles. The number of carbonyl (C=O) groups is 1. The van der Waals surface area contributed by atoms with Gasteiger partial charge in [-0.25, -0.2) is 0 Å². The highest BCUT2D eigenvalue weighted by Gasteiger charge is 2.22. The van der Waals surface area contributed by atoms with Crippen LogP contribution in [0.15, 0.2) is 57.9 Å². The number of pyridine rings is 1. The molecule has 0 atom stereocenters. The van der Waals surface area contributed by atoms with Gasteiger partial charge in [0.15, 0.2) is 11.3 Å². The standard InChI is InChI=1S/C31H35N3O5/c1-20-16-26-29(35)25-11-10-23(18-27(25)39-30(26)28(17-20)37-15-14-34(2)3)38-24-9-8-22(33-19-24)12-13-32-31(36)21-6-4-5-7-21/h8-11,16-19,21H,4-7,12-15H2,1-3H3,(H,32,36). The normalized spacial score (nSPS) is 13.8. The summed E-state index contributed by atoms with van der Waals surface area (Å²) < 4.78 is 18.2. The maximum Gasteiger partial charge on any atom is 0.223 e. The minimum Gasteiger partial charge on any atom is -0.488 e. The highest BCUT2D eigenvalue weighted by atomic mass is 16.5. The first-order chi connectivity index (χ1) is 18.9. The van der Waals surface area contributed by atoms with E-state index in [1.54, 1.807) is 24.4 Å². The van der Waals surface area contributed by atoms with Crippen molar-refractivity contribution in [3.8, 4) is 17.2 Å². The van der Waals surface area contributed by atoms with E-state index in [9.17, 15) is 9.59 Å². The molecule has 1 aliphatic rings. The summed E-state index contributed by atoms with van der Waals surface area (Å²) in [7, 11) is 3.96. The van der Waals surface area contributed by atoms with Crippen molar-refractivity contribution in [2.75, 3.05) is 33.8 Å². The predicted molar refractivity (Wildman–Crippen MR) is 152 cm³/mol. The first kappa shape index (κ1) is 26.7. The number of fused-ring (bicyclic) bond motifs is 2. The number of likely N-dealkylation sites (N-methyl/N-ethyl adjacent to an activating group) is 1. The van der Waals surface area contributed by atoms with E-state index in [0.717, 1.165) is 43.5 Å². The van der Waals surface area contributed by atoms with E-state index < -0.39 is 0 Å². The van der Waals surface area contributed by atoms with Crippen LogP contribution >= 0.6 is 0 Å². The van der Waals surface area contributed by atoms with Crippen LogP contribution in [0.5, 0.6) is 17.2 Å². The average molecular weight is 530 g/mol. The Labute approximate surface area is 227 Å². The summed E-state index contributed by atoms with van der Waals surface area (Å²) in [4.78, 5) is 32.0. The largest absolute Gasteiger partial charge is 0.488 e. The van der Waals surface area contributed by atoms with E-state index >= 15 is 0 Å². The smallest absolute Gasteiger partial charge is 0.223 e. The van der Waals surface area contributed by atoms with Crippen molar-refractivity contribution in [3.05, 3.63) is 70.1 Å². The second-order valence-corrected chi connectivity index (χ2v) is 10.5. The number of aryl methyl sites for hydroxylation is 1. The molecule has 5 rings (SSSR count). The number of carbonyl (C=O) groups excluding carboxylic acids is 1. The summed E-state index contributed by atoms with van der Waals surface area (Å²) in [6.07, 6.45) is 6.60. The van der Waals surface area contributed by atoms with Gasteiger partial charge in [-0.1, -0.05) is 12.8 Å². The van der Waals surface area contributed by atoms with Gasteiger partial charge in [0.2, 0.25) is 11.3 Å². The highest BCUT2D eigenvalue weighted by molar-refractivity contribution is 5.93. The fourth-order valence-corrected chi connectivity index (χ4v) is 4.95. The van der Waals surface area contributed by atoms with Crippen molar-refractivity contribution in [2.24, 2.45) is 5.92 Å². The van der Waals surface area contributed by atoms with Crippen molar-refractivity contribution in [3.63, 3.8) is 0 Å². The van der Waals surface area contributed by atoms with Crippen LogP contribution in [0.2, 0.25) is 0 Å². The van der Waals surface area contributed by atoms with Gasteiger partial charge in [0.25, 0.3) is 0 Å². The van der Waals surface area contributed by atoms with Gasteiger partial charge in [0.1, 0.15) is 23.7 Å². The van der Waals surface area contributed by atoms with Crippen molar-refractivity contribution < 1.29 is 18.7 Å². The summed E-state index contributed by atoms with van der Waals surface area (Å²) in [5, 5.41) is 4.00. The number of nitrogens with zero attached hydrogens (tertiary/aromatic N) is 2. The van der Waals surface area contributed by atoms with Crippen LogP contribution in [0.1, 0.15) is 36.9 Å². The molecule has 0 unspecified atom stereocenters. The Kier molecular flexibility index (Phi) is 8.12. The lowest BCUT2D eigenvalue weighted by Crippen LogP contribution is -2.31. The molecule has 8 nitrogen and oxygen atoms in total. The first-order valence-electron chi connectivity index (χ1n) is 13.6. The van der Waals surface area contributed by atoms with E-state index in [2.05, 4.69) is 10.3 Å². The lowest BCUT2D eigenvalue weighted by Gasteiger charge is -2.13. The number of ether oxygens (including phenoxy) is 2. The number of benzene rings is 2. The number of rotatable bonds is 10. The summed E-state index contributed by atoms with van der Waals surface area (Å²) in [6, 6.07) is 12.7. The van der Waals surface area contributed by atoms with E-state index in [-0.39, 0.29) is 17.3 Å². The Hall–Kier alpha value is -3.91. The van der Waals surface area contributed by atoms with Crippen molar-refractivity contribution >= 4 is 27.8 Å². The molecule has 1 amide bonds. The van der Waals surface area contributed by atoms with Gasteiger partial charge in [-0.2, -0.15) is 0 Å². The topological polar surface area (TPSA) is 93.9 Å². The van der Waals surface area contributed by atoms with E-state index in [4.69, 9.17) is 13.9 Å². The number of amides is 1.